The van der Waals surface area contributed by atoms with Gasteiger partial charge in [-0.05, 0) is 85.5 Å². The van der Waals surface area contributed by atoms with E-state index < -0.39 is 5.41 Å². The van der Waals surface area contributed by atoms with Gasteiger partial charge in [-0.1, -0.05) is 79.4 Å². The summed E-state index contributed by atoms with van der Waals surface area (Å²) >= 11 is 0. The molecular weight excluding hydrogens is 508 g/mol. The molecule has 0 radical (unpaired) electrons. The molecule has 3 saturated carbocycles. The van der Waals surface area contributed by atoms with Crippen LogP contribution in [-0.2, 0) is 14.4 Å². The monoisotopic (exact) mass is 560 g/mol. The van der Waals surface area contributed by atoms with Crippen molar-refractivity contribution in [2.75, 3.05) is 0 Å². The molecule has 8 atom stereocenters. The number of amides is 1. The van der Waals surface area contributed by atoms with Crippen LogP contribution in [0.4, 0.5) is 0 Å². The molecule has 0 aromatic heterocycles. The van der Waals surface area contributed by atoms with Gasteiger partial charge in [0.05, 0.1) is 5.57 Å². The summed E-state index contributed by atoms with van der Waals surface area (Å²) in [6, 6.07) is 2.18. The zero-order valence-corrected chi connectivity index (χ0v) is 26.6. The van der Waals surface area contributed by atoms with Gasteiger partial charge < -0.3 is 5.32 Å². The number of carbonyl (C=O) groups excluding carboxylic acids is 3. The third kappa shape index (κ3) is 4.49. The van der Waals surface area contributed by atoms with E-state index in [1.165, 1.54) is 0 Å². The third-order valence-electron chi connectivity index (χ3n) is 13.2. The predicted molar refractivity (Wildman–Crippen MR) is 161 cm³/mol. The van der Waals surface area contributed by atoms with Gasteiger partial charge in [0, 0.05) is 29.2 Å². The Morgan fingerprint density at radius 2 is 1.71 bits per heavy atom. The summed E-state index contributed by atoms with van der Waals surface area (Å²) in [5, 5.41) is 13.4. The Kier molecular flexibility index (Phi) is 7.53. The standard InChI is InChI=1S/C36H52N2O3/c1-8-9-10-11-12-29(40)38-36-17-15-32(3,4)21-26(36)30-27(39)19-28-33(5)20-24(22-37)31(41)23(2)25(33)13-14-34(28,6)35(30,7)16-18-36/h19-20,23,25-26,30H,8-18,21H2,1-7H3,(H,38,40)/t23-,25-,26-,30-,33-,34+,35+,36-/m0/s1. The van der Waals surface area contributed by atoms with Crippen LogP contribution in [0.5, 0.6) is 0 Å². The Labute approximate surface area is 248 Å². The van der Waals surface area contributed by atoms with Gasteiger partial charge in [0.1, 0.15) is 6.07 Å². The van der Waals surface area contributed by atoms with Gasteiger partial charge in [0.2, 0.25) is 5.91 Å². The molecule has 5 rings (SSSR count). The maximum Gasteiger partial charge on any atom is 0.220 e. The number of ketones is 2. The van der Waals surface area contributed by atoms with E-state index in [0.29, 0.717) is 6.42 Å². The molecule has 0 heterocycles. The van der Waals surface area contributed by atoms with Gasteiger partial charge in [0.15, 0.2) is 11.6 Å². The molecule has 3 fully saturated rings. The van der Waals surface area contributed by atoms with Crippen molar-refractivity contribution >= 4 is 17.5 Å². The zero-order chi connectivity index (χ0) is 30.0. The Bertz CT molecular complexity index is 1240. The van der Waals surface area contributed by atoms with Crippen LogP contribution in [0.25, 0.3) is 0 Å². The van der Waals surface area contributed by atoms with Crippen molar-refractivity contribution in [3.63, 3.8) is 0 Å². The number of rotatable bonds is 6. The van der Waals surface area contributed by atoms with E-state index in [2.05, 4.69) is 52.9 Å². The first kappa shape index (κ1) is 30.2. The summed E-state index contributed by atoms with van der Waals surface area (Å²) in [5.74, 6) is 0.133. The highest BCUT2D eigenvalue weighted by Gasteiger charge is 2.69. The number of hydrogen-bond donors (Lipinski definition) is 1. The highest BCUT2D eigenvalue weighted by molar-refractivity contribution is 6.02. The smallest absolute Gasteiger partial charge is 0.220 e. The van der Waals surface area contributed by atoms with Crippen molar-refractivity contribution in [2.45, 2.75) is 131 Å². The molecule has 41 heavy (non-hydrogen) atoms. The normalized spacial score (nSPS) is 42.9. The van der Waals surface area contributed by atoms with E-state index >= 15 is 0 Å². The fourth-order valence-electron chi connectivity index (χ4n) is 10.5. The number of Topliss-reactive ketones (excluding diaryl/α,β-unsaturated/α-hetero) is 1. The van der Waals surface area contributed by atoms with Crippen LogP contribution in [0.3, 0.4) is 0 Å². The highest BCUT2D eigenvalue weighted by Crippen LogP contribution is 2.72. The fourth-order valence-corrected chi connectivity index (χ4v) is 10.5. The maximum atomic E-state index is 14.5. The van der Waals surface area contributed by atoms with Crippen LogP contribution in [-0.4, -0.2) is 23.0 Å². The topological polar surface area (TPSA) is 87.0 Å². The summed E-state index contributed by atoms with van der Waals surface area (Å²) in [6.45, 7) is 15.7. The largest absolute Gasteiger partial charge is 0.350 e. The molecule has 0 aromatic rings. The van der Waals surface area contributed by atoms with Crippen molar-refractivity contribution < 1.29 is 14.4 Å². The molecule has 1 N–H and O–H groups in total. The molecule has 5 heteroatoms. The molecule has 5 aliphatic carbocycles. The molecule has 5 nitrogen and oxygen atoms in total. The quantitative estimate of drug-likeness (QED) is 0.338. The lowest BCUT2D eigenvalue weighted by atomic mass is 9.36. The van der Waals surface area contributed by atoms with Gasteiger partial charge in [-0.3, -0.25) is 14.4 Å². The first-order valence-corrected chi connectivity index (χ1v) is 16.4. The van der Waals surface area contributed by atoms with Crippen LogP contribution in [0.15, 0.2) is 23.3 Å². The van der Waals surface area contributed by atoms with Crippen molar-refractivity contribution in [1.29, 1.82) is 5.26 Å². The Hall–Kier alpha value is -2.22. The number of nitriles is 1. The van der Waals surface area contributed by atoms with E-state index in [-0.39, 0.29) is 68.5 Å². The van der Waals surface area contributed by atoms with Crippen molar-refractivity contribution in [1.82, 2.24) is 5.32 Å². The summed E-state index contributed by atoms with van der Waals surface area (Å²) in [6.07, 6.45) is 15.4. The average molecular weight is 561 g/mol. The Morgan fingerprint density at radius 3 is 2.39 bits per heavy atom. The second kappa shape index (κ2) is 10.2. The summed E-state index contributed by atoms with van der Waals surface area (Å²) in [4.78, 5) is 40.9. The first-order chi connectivity index (χ1) is 19.2. The average Bonchev–Trinajstić information content (AvgIpc) is 2.91. The third-order valence-corrected chi connectivity index (χ3v) is 13.2. The lowest BCUT2D eigenvalue weighted by Gasteiger charge is -2.68. The van der Waals surface area contributed by atoms with Gasteiger partial charge >= 0.3 is 0 Å². The van der Waals surface area contributed by atoms with Crippen molar-refractivity contribution in [2.24, 2.45) is 45.3 Å². The van der Waals surface area contributed by atoms with Crippen LogP contribution in [0, 0.1) is 56.7 Å². The molecular formula is C36H52N2O3. The number of carbonyl (C=O) groups is 3. The lowest BCUT2D eigenvalue weighted by molar-refractivity contribution is -0.162. The maximum absolute atomic E-state index is 14.5. The molecule has 0 aromatic carbocycles. The second-order valence-electron chi connectivity index (χ2n) is 15.9. The van der Waals surface area contributed by atoms with E-state index in [1.54, 1.807) is 0 Å². The van der Waals surface area contributed by atoms with Gasteiger partial charge in [-0.2, -0.15) is 5.26 Å². The minimum Gasteiger partial charge on any atom is -0.350 e. The molecule has 0 spiro atoms. The predicted octanol–water partition coefficient (Wildman–Crippen LogP) is 7.65. The molecule has 0 bridgehead atoms. The Balaban J connectivity index is 1.56. The Morgan fingerprint density at radius 1 is 1.00 bits per heavy atom. The van der Waals surface area contributed by atoms with Crippen LogP contribution in [0.1, 0.15) is 126 Å². The van der Waals surface area contributed by atoms with Crippen LogP contribution >= 0.6 is 0 Å². The number of nitrogens with one attached hydrogen (secondary N) is 1. The van der Waals surface area contributed by atoms with Gasteiger partial charge in [-0.25, -0.2) is 0 Å². The molecule has 0 aliphatic heterocycles. The molecule has 0 saturated heterocycles. The summed E-state index contributed by atoms with van der Waals surface area (Å²) < 4.78 is 0. The molecule has 0 unspecified atom stereocenters. The second-order valence-corrected chi connectivity index (χ2v) is 15.9. The molecule has 5 aliphatic rings. The van der Waals surface area contributed by atoms with Crippen molar-refractivity contribution in [3.8, 4) is 6.07 Å². The van der Waals surface area contributed by atoms with Gasteiger partial charge in [0.25, 0.3) is 0 Å². The summed E-state index contributed by atoms with van der Waals surface area (Å²) in [5.41, 5.74) is 0.241. The first-order valence-electron chi connectivity index (χ1n) is 16.4. The SMILES string of the molecule is CCCCCCC(=O)N[C@]12CCC(C)(C)C[C@H]1[C@H]1C(=O)C=C3[C@@]4(C)C=C(C#N)C(=O)[C@@H](C)[C@@H]4CC[C@@]3(C)[C@]1(C)CC2. The number of nitrogens with zero attached hydrogens (tertiary/aromatic N) is 1. The van der Waals surface area contributed by atoms with E-state index in [0.717, 1.165) is 76.2 Å². The summed E-state index contributed by atoms with van der Waals surface area (Å²) in [7, 11) is 0. The van der Waals surface area contributed by atoms with Crippen LogP contribution in [0.2, 0.25) is 0 Å². The fraction of sp³-hybridized carbons (Fsp3) is 0.778. The van der Waals surface area contributed by atoms with Gasteiger partial charge in [-0.15, -0.1) is 0 Å². The number of unbranched alkanes of at least 4 members (excludes halogenated alkanes) is 3. The van der Waals surface area contributed by atoms with Crippen LogP contribution < -0.4 is 5.32 Å². The minimum absolute atomic E-state index is 0.0530. The van der Waals surface area contributed by atoms with Crippen molar-refractivity contribution in [3.05, 3.63) is 23.3 Å². The van der Waals surface area contributed by atoms with E-state index in [9.17, 15) is 19.6 Å². The minimum atomic E-state index is -0.484. The van der Waals surface area contributed by atoms with E-state index in [4.69, 9.17) is 0 Å². The highest BCUT2D eigenvalue weighted by atomic mass is 16.2. The van der Waals surface area contributed by atoms with E-state index in [1.807, 2.05) is 19.1 Å². The molecule has 224 valence electrons. The lowest BCUT2D eigenvalue weighted by Crippen LogP contribution is -2.69. The zero-order valence-electron chi connectivity index (χ0n) is 26.6. The number of allylic oxidation sites excluding steroid dienone is 4. The number of fused-ring (bicyclic) bond motifs is 7. The number of hydrogen-bond acceptors (Lipinski definition) is 4. The molecule has 1 amide bonds.